The van der Waals surface area contributed by atoms with E-state index in [1.165, 1.54) is 30.3 Å². The lowest BCUT2D eigenvalue weighted by Gasteiger charge is -2.36. The van der Waals surface area contributed by atoms with Gasteiger partial charge in [0.25, 0.3) is 0 Å². The minimum atomic E-state index is -3.11. The third-order valence-electron chi connectivity index (χ3n) is 8.46. The molecule has 3 aromatic rings. The Morgan fingerprint density at radius 2 is 1.18 bits per heavy atom. The van der Waals surface area contributed by atoms with Crippen LogP contribution in [0, 0.1) is 35.1 Å². The van der Waals surface area contributed by atoms with Crippen LogP contribution in [0.3, 0.4) is 0 Å². The first kappa shape index (κ1) is 27.8. The smallest absolute Gasteiger partial charge is 0.317 e. The van der Waals surface area contributed by atoms with Crippen LogP contribution in [0.5, 0.6) is 0 Å². The van der Waals surface area contributed by atoms with Gasteiger partial charge in [0.2, 0.25) is 0 Å². The number of alkyl halides is 2. The zero-order chi connectivity index (χ0) is 27.7. The molecule has 0 bridgehead atoms. The van der Waals surface area contributed by atoms with Gasteiger partial charge < -0.3 is 4.74 Å². The van der Waals surface area contributed by atoms with Gasteiger partial charge in [0.05, 0.1) is 12.0 Å². The molecule has 39 heavy (non-hydrogen) atoms. The Labute approximate surface area is 225 Å². The van der Waals surface area contributed by atoms with Crippen molar-refractivity contribution in [2.75, 3.05) is 0 Å². The van der Waals surface area contributed by atoms with Crippen molar-refractivity contribution in [2.45, 2.75) is 76.4 Å². The van der Waals surface area contributed by atoms with Crippen molar-refractivity contribution in [3.8, 4) is 22.3 Å². The summed E-state index contributed by atoms with van der Waals surface area (Å²) in [5.41, 5.74) is 1.57. The topological polar surface area (TPSA) is 9.23 Å². The highest BCUT2D eigenvalue weighted by Gasteiger charge is 2.44. The summed E-state index contributed by atoms with van der Waals surface area (Å²) in [5.74, 6) is -3.49. The Balaban J connectivity index is 1.22. The third-order valence-corrected chi connectivity index (χ3v) is 8.46. The SMILES string of the molecule is CC1CCC(C(F)(F)OC2CCC(c3ccc(-c4ccc(-c5ccc(F)c(F)c5)c(F)c4)c(F)c3)CC2)CC1. The molecule has 0 spiro atoms. The molecule has 2 aliphatic carbocycles. The minimum absolute atomic E-state index is 0.0324. The van der Waals surface area contributed by atoms with Crippen LogP contribution >= 0.6 is 0 Å². The van der Waals surface area contributed by atoms with Gasteiger partial charge in [-0.3, -0.25) is 0 Å². The number of rotatable bonds is 6. The Kier molecular flexibility index (Phi) is 8.08. The molecule has 0 saturated heterocycles. The number of halogens is 6. The van der Waals surface area contributed by atoms with Gasteiger partial charge in [0.1, 0.15) is 11.6 Å². The Morgan fingerprint density at radius 1 is 0.615 bits per heavy atom. The molecule has 2 aliphatic rings. The molecule has 0 aliphatic heterocycles. The van der Waals surface area contributed by atoms with E-state index < -0.39 is 41.4 Å². The minimum Gasteiger partial charge on any atom is -0.317 e. The second-order valence-corrected chi connectivity index (χ2v) is 11.2. The van der Waals surface area contributed by atoms with E-state index in [1.807, 2.05) is 0 Å². The van der Waals surface area contributed by atoms with Gasteiger partial charge in [0, 0.05) is 11.1 Å². The van der Waals surface area contributed by atoms with E-state index in [1.54, 1.807) is 12.1 Å². The highest BCUT2D eigenvalue weighted by Crippen LogP contribution is 2.43. The van der Waals surface area contributed by atoms with Crippen molar-refractivity contribution in [2.24, 2.45) is 11.8 Å². The summed E-state index contributed by atoms with van der Waals surface area (Å²) < 4.78 is 91.6. The van der Waals surface area contributed by atoms with Crippen LogP contribution in [0.15, 0.2) is 54.6 Å². The van der Waals surface area contributed by atoms with E-state index in [9.17, 15) is 22.0 Å². The molecule has 7 heteroatoms. The summed E-state index contributed by atoms with van der Waals surface area (Å²) in [6.07, 6.45) is 1.21. The standard InChI is InChI=1S/C32H32F6O/c1-19-2-9-24(10-3-19)32(37,38)39-25-11-4-20(5-12-25)21-6-13-26(29(34)16-21)22-7-14-27(30(35)17-22)23-8-15-28(33)31(36)18-23/h6-8,13-20,24-25H,2-5,9-12H2,1H3. The van der Waals surface area contributed by atoms with Gasteiger partial charge in [0.15, 0.2) is 11.6 Å². The highest BCUT2D eigenvalue weighted by molar-refractivity contribution is 5.71. The van der Waals surface area contributed by atoms with Crippen LogP contribution in [-0.4, -0.2) is 12.2 Å². The molecule has 2 saturated carbocycles. The van der Waals surface area contributed by atoms with Crippen LogP contribution in [-0.2, 0) is 4.74 Å². The van der Waals surface area contributed by atoms with Crippen LogP contribution in [0.25, 0.3) is 22.3 Å². The molecular formula is C32H32F6O. The predicted octanol–water partition coefficient (Wildman–Crippen LogP) is 10.0. The van der Waals surface area contributed by atoms with Crippen LogP contribution in [0.1, 0.15) is 69.8 Å². The highest BCUT2D eigenvalue weighted by atomic mass is 19.3. The molecule has 0 heterocycles. The average Bonchev–Trinajstić information content (AvgIpc) is 2.91. The molecule has 208 valence electrons. The Hall–Kier alpha value is -2.80. The van der Waals surface area contributed by atoms with Gasteiger partial charge in [-0.1, -0.05) is 50.1 Å². The zero-order valence-corrected chi connectivity index (χ0v) is 21.8. The van der Waals surface area contributed by atoms with E-state index in [0.29, 0.717) is 50.0 Å². The van der Waals surface area contributed by atoms with Gasteiger partial charge >= 0.3 is 6.11 Å². The number of ether oxygens (including phenoxy) is 1. The molecule has 1 nitrogen and oxygen atoms in total. The number of hydrogen-bond acceptors (Lipinski definition) is 1. The van der Waals surface area contributed by atoms with Crippen molar-refractivity contribution < 1.29 is 31.1 Å². The summed E-state index contributed by atoms with van der Waals surface area (Å²) in [5, 5.41) is 0. The van der Waals surface area contributed by atoms with Crippen LogP contribution in [0.4, 0.5) is 26.3 Å². The summed E-state index contributed by atoms with van der Waals surface area (Å²) in [6, 6.07) is 12.1. The first-order chi connectivity index (χ1) is 18.6. The summed E-state index contributed by atoms with van der Waals surface area (Å²) in [4.78, 5) is 0. The molecule has 5 rings (SSSR count). The van der Waals surface area contributed by atoms with E-state index in [-0.39, 0.29) is 22.6 Å². The third kappa shape index (κ3) is 6.19. The van der Waals surface area contributed by atoms with E-state index >= 15 is 4.39 Å². The molecule has 3 aromatic carbocycles. The largest absolute Gasteiger partial charge is 0.358 e. The van der Waals surface area contributed by atoms with Crippen molar-refractivity contribution in [1.29, 1.82) is 0 Å². The Bertz CT molecular complexity index is 1310. The molecule has 0 radical (unpaired) electrons. The van der Waals surface area contributed by atoms with Gasteiger partial charge in [-0.15, -0.1) is 0 Å². The second-order valence-electron chi connectivity index (χ2n) is 11.2. The zero-order valence-electron chi connectivity index (χ0n) is 21.8. The van der Waals surface area contributed by atoms with Gasteiger partial charge in [-0.05, 0) is 91.3 Å². The fourth-order valence-corrected chi connectivity index (χ4v) is 6.03. The van der Waals surface area contributed by atoms with Crippen LogP contribution in [0.2, 0.25) is 0 Å². The first-order valence-corrected chi connectivity index (χ1v) is 13.7. The maximum absolute atomic E-state index is 15.1. The van der Waals surface area contributed by atoms with Crippen molar-refractivity contribution in [3.05, 3.63) is 83.4 Å². The molecule has 0 aromatic heterocycles. The lowest BCUT2D eigenvalue weighted by molar-refractivity contribution is -0.301. The summed E-state index contributed by atoms with van der Waals surface area (Å²) >= 11 is 0. The lowest BCUT2D eigenvalue weighted by atomic mass is 9.81. The summed E-state index contributed by atoms with van der Waals surface area (Å²) in [7, 11) is 0. The summed E-state index contributed by atoms with van der Waals surface area (Å²) in [6.45, 7) is 2.10. The Morgan fingerprint density at radius 3 is 1.77 bits per heavy atom. The van der Waals surface area contributed by atoms with E-state index in [0.717, 1.165) is 30.5 Å². The van der Waals surface area contributed by atoms with Gasteiger partial charge in [-0.25, -0.2) is 17.6 Å². The maximum Gasteiger partial charge on any atom is 0.358 e. The van der Waals surface area contributed by atoms with E-state index in [2.05, 4.69) is 6.92 Å². The normalized spacial score (nSPS) is 24.1. The molecule has 0 atom stereocenters. The molecular weight excluding hydrogens is 514 g/mol. The molecule has 0 unspecified atom stereocenters. The fourth-order valence-electron chi connectivity index (χ4n) is 6.03. The number of benzene rings is 3. The van der Waals surface area contributed by atoms with Crippen molar-refractivity contribution >= 4 is 0 Å². The quantitative estimate of drug-likeness (QED) is 0.280. The van der Waals surface area contributed by atoms with Crippen molar-refractivity contribution in [3.63, 3.8) is 0 Å². The molecule has 0 amide bonds. The lowest BCUT2D eigenvalue weighted by Crippen LogP contribution is -2.38. The first-order valence-electron chi connectivity index (χ1n) is 13.7. The van der Waals surface area contributed by atoms with E-state index in [4.69, 9.17) is 4.74 Å². The monoisotopic (exact) mass is 546 g/mol. The average molecular weight is 547 g/mol. The predicted molar refractivity (Wildman–Crippen MR) is 139 cm³/mol. The van der Waals surface area contributed by atoms with Gasteiger partial charge in [-0.2, -0.15) is 8.78 Å². The van der Waals surface area contributed by atoms with Crippen LogP contribution < -0.4 is 0 Å². The fraction of sp³-hybridized carbons (Fsp3) is 0.438. The molecule has 0 N–H and O–H groups in total. The van der Waals surface area contributed by atoms with Crippen molar-refractivity contribution in [1.82, 2.24) is 0 Å². The molecule has 2 fully saturated rings. The second kappa shape index (κ2) is 11.4. The maximum atomic E-state index is 15.1. The number of hydrogen-bond donors (Lipinski definition) is 0.